The zero-order chi connectivity index (χ0) is 13.5. The van der Waals surface area contributed by atoms with Gasteiger partial charge in [-0.2, -0.15) is 5.10 Å². The Hall–Kier alpha value is -1.03. The van der Waals surface area contributed by atoms with Gasteiger partial charge in [-0.3, -0.25) is 9.69 Å². The third kappa shape index (κ3) is 2.39. The second kappa shape index (κ2) is 4.57. The molecule has 1 unspecified atom stereocenters. The summed E-state index contributed by atoms with van der Waals surface area (Å²) in [6.45, 7) is 8.91. The summed E-state index contributed by atoms with van der Waals surface area (Å²) in [4.78, 5) is 13.9. The van der Waals surface area contributed by atoms with Gasteiger partial charge in [-0.25, -0.2) is 4.68 Å². The van der Waals surface area contributed by atoms with E-state index in [0.29, 0.717) is 18.8 Å². The average Bonchev–Trinajstić information content (AvgIpc) is 2.80. The van der Waals surface area contributed by atoms with E-state index in [2.05, 4.69) is 25.9 Å². The summed E-state index contributed by atoms with van der Waals surface area (Å²) in [5, 5.41) is 4.50. The number of rotatable bonds is 2. The van der Waals surface area contributed by atoms with Gasteiger partial charge in [0.1, 0.15) is 5.82 Å². The molecular weight excluding hydrogens is 250 g/mol. The summed E-state index contributed by atoms with van der Waals surface area (Å²) >= 11 is 5.86. The lowest BCUT2D eigenvalue weighted by Crippen LogP contribution is -2.32. The van der Waals surface area contributed by atoms with Gasteiger partial charge in [0.25, 0.3) is 0 Å². The average molecular weight is 270 g/mol. The van der Waals surface area contributed by atoms with Crippen LogP contribution in [0.1, 0.15) is 32.9 Å². The first-order valence-corrected chi connectivity index (χ1v) is 6.80. The number of hydrogen-bond donors (Lipinski definition) is 0. The van der Waals surface area contributed by atoms with Crippen LogP contribution in [0, 0.1) is 12.8 Å². The van der Waals surface area contributed by atoms with Crippen LogP contribution < -0.4 is 4.90 Å². The Morgan fingerprint density at radius 1 is 1.50 bits per heavy atom. The van der Waals surface area contributed by atoms with E-state index in [9.17, 15) is 4.79 Å². The molecule has 0 aliphatic carbocycles. The molecule has 5 heteroatoms. The molecule has 1 atom stereocenters. The minimum Gasteiger partial charge on any atom is -0.297 e. The van der Waals surface area contributed by atoms with E-state index in [4.69, 9.17) is 11.6 Å². The molecule has 0 saturated carbocycles. The van der Waals surface area contributed by atoms with Gasteiger partial charge < -0.3 is 0 Å². The van der Waals surface area contributed by atoms with Crippen LogP contribution in [0.25, 0.3) is 0 Å². The predicted octanol–water partition coefficient (Wildman–Crippen LogP) is 2.54. The summed E-state index contributed by atoms with van der Waals surface area (Å²) in [5.41, 5.74) is 0.796. The Bertz CT molecular complexity index is 461. The normalized spacial score (nSPS) is 20.8. The molecule has 1 fully saturated rings. The lowest BCUT2D eigenvalue weighted by Gasteiger charge is -2.26. The summed E-state index contributed by atoms with van der Waals surface area (Å²) in [5.74, 6) is 1.82. The summed E-state index contributed by atoms with van der Waals surface area (Å²) in [6, 6.07) is 1.97. The van der Waals surface area contributed by atoms with Crippen molar-refractivity contribution in [2.75, 3.05) is 17.3 Å². The molecule has 0 spiro atoms. The topological polar surface area (TPSA) is 38.1 Å². The summed E-state index contributed by atoms with van der Waals surface area (Å²) in [7, 11) is 0. The zero-order valence-corrected chi connectivity index (χ0v) is 12.2. The summed E-state index contributed by atoms with van der Waals surface area (Å²) < 4.78 is 1.93. The molecule has 1 aromatic heterocycles. The largest absolute Gasteiger partial charge is 0.297 e. The molecule has 18 heavy (non-hydrogen) atoms. The number of aromatic nitrogens is 2. The Morgan fingerprint density at radius 3 is 2.67 bits per heavy atom. The fourth-order valence-corrected chi connectivity index (χ4v) is 2.48. The maximum atomic E-state index is 12.1. The first-order chi connectivity index (χ1) is 8.32. The smallest absolute Gasteiger partial charge is 0.228 e. The lowest BCUT2D eigenvalue weighted by atomic mass is 10.1. The molecule has 1 aliphatic heterocycles. The van der Waals surface area contributed by atoms with Crippen molar-refractivity contribution >= 4 is 23.3 Å². The minimum absolute atomic E-state index is 0.136. The number of anilines is 1. The highest BCUT2D eigenvalue weighted by atomic mass is 35.5. The van der Waals surface area contributed by atoms with Crippen LogP contribution >= 0.6 is 11.6 Å². The van der Waals surface area contributed by atoms with Crippen LogP contribution in [0.5, 0.6) is 0 Å². The van der Waals surface area contributed by atoms with Crippen molar-refractivity contribution < 1.29 is 4.79 Å². The van der Waals surface area contributed by atoms with E-state index in [1.54, 1.807) is 0 Å². The van der Waals surface area contributed by atoms with Crippen molar-refractivity contribution in [1.82, 2.24) is 9.78 Å². The van der Waals surface area contributed by atoms with Gasteiger partial charge in [0.2, 0.25) is 5.91 Å². The SMILES string of the molecule is Cc1cc(N2CC(CCl)CC2=O)n(C(C)(C)C)n1. The molecule has 1 aromatic rings. The van der Waals surface area contributed by atoms with Gasteiger partial charge >= 0.3 is 0 Å². The number of carbonyl (C=O) groups excluding carboxylic acids is 1. The van der Waals surface area contributed by atoms with Crippen molar-refractivity contribution in [3.05, 3.63) is 11.8 Å². The van der Waals surface area contributed by atoms with E-state index in [1.807, 2.05) is 22.6 Å². The Balaban J connectivity index is 2.37. The molecule has 4 nitrogen and oxygen atoms in total. The zero-order valence-electron chi connectivity index (χ0n) is 11.4. The predicted molar refractivity (Wildman–Crippen MR) is 73.1 cm³/mol. The van der Waals surface area contributed by atoms with Crippen molar-refractivity contribution in [2.45, 2.75) is 39.7 Å². The minimum atomic E-state index is -0.136. The van der Waals surface area contributed by atoms with Crippen molar-refractivity contribution in [2.24, 2.45) is 5.92 Å². The molecule has 0 aromatic carbocycles. The lowest BCUT2D eigenvalue weighted by molar-refractivity contribution is -0.117. The van der Waals surface area contributed by atoms with Gasteiger partial charge in [-0.1, -0.05) is 0 Å². The number of nitrogens with zero attached hydrogens (tertiary/aromatic N) is 3. The van der Waals surface area contributed by atoms with Gasteiger partial charge in [-0.15, -0.1) is 11.6 Å². The Morgan fingerprint density at radius 2 is 2.17 bits per heavy atom. The maximum absolute atomic E-state index is 12.1. The Labute approximate surface area is 113 Å². The molecule has 2 rings (SSSR count). The summed E-state index contributed by atoms with van der Waals surface area (Å²) in [6.07, 6.45) is 0.540. The quantitative estimate of drug-likeness (QED) is 0.774. The highest BCUT2D eigenvalue weighted by molar-refractivity contribution is 6.18. The number of amides is 1. The highest BCUT2D eigenvalue weighted by Gasteiger charge is 2.33. The number of halogens is 1. The van der Waals surface area contributed by atoms with Crippen LogP contribution in [-0.4, -0.2) is 28.1 Å². The van der Waals surface area contributed by atoms with E-state index in [1.165, 1.54) is 0 Å². The number of alkyl halides is 1. The molecule has 1 amide bonds. The van der Waals surface area contributed by atoms with Gasteiger partial charge in [0.05, 0.1) is 11.2 Å². The third-order valence-electron chi connectivity index (χ3n) is 3.15. The fourth-order valence-electron chi connectivity index (χ4n) is 2.28. The number of aryl methyl sites for hydroxylation is 1. The van der Waals surface area contributed by atoms with Crippen LogP contribution in [0.2, 0.25) is 0 Å². The fraction of sp³-hybridized carbons (Fsp3) is 0.692. The van der Waals surface area contributed by atoms with Crippen molar-refractivity contribution in [3.8, 4) is 0 Å². The van der Waals surface area contributed by atoms with E-state index >= 15 is 0 Å². The first kappa shape index (κ1) is 13.4. The molecule has 1 saturated heterocycles. The molecule has 0 N–H and O–H groups in total. The highest BCUT2D eigenvalue weighted by Crippen LogP contribution is 2.30. The van der Waals surface area contributed by atoms with Crippen molar-refractivity contribution in [1.29, 1.82) is 0 Å². The molecule has 2 heterocycles. The van der Waals surface area contributed by atoms with E-state index in [0.717, 1.165) is 11.5 Å². The number of carbonyl (C=O) groups is 1. The van der Waals surface area contributed by atoms with Crippen LogP contribution in [-0.2, 0) is 10.3 Å². The molecule has 100 valence electrons. The van der Waals surface area contributed by atoms with E-state index < -0.39 is 0 Å². The maximum Gasteiger partial charge on any atom is 0.228 e. The third-order valence-corrected chi connectivity index (χ3v) is 3.58. The van der Waals surface area contributed by atoms with Gasteiger partial charge in [0.15, 0.2) is 0 Å². The molecular formula is C13H20ClN3O. The van der Waals surface area contributed by atoms with Crippen molar-refractivity contribution in [3.63, 3.8) is 0 Å². The van der Waals surface area contributed by atoms with Crippen LogP contribution in [0.4, 0.5) is 5.82 Å². The van der Waals surface area contributed by atoms with E-state index in [-0.39, 0.29) is 17.4 Å². The second-order valence-electron chi connectivity index (χ2n) is 5.96. The van der Waals surface area contributed by atoms with Crippen LogP contribution in [0.3, 0.4) is 0 Å². The molecule has 0 radical (unpaired) electrons. The van der Waals surface area contributed by atoms with Crippen LogP contribution in [0.15, 0.2) is 6.07 Å². The van der Waals surface area contributed by atoms with Gasteiger partial charge in [0, 0.05) is 24.9 Å². The Kier molecular flexibility index (Phi) is 3.41. The van der Waals surface area contributed by atoms with Gasteiger partial charge in [-0.05, 0) is 33.6 Å². The monoisotopic (exact) mass is 269 g/mol. The number of hydrogen-bond acceptors (Lipinski definition) is 2. The molecule has 1 aliphatic rings. The molecule has 0 bridgehead atoms. The second-order valence-corrected chi connectivity index (χ2v) is 6.26. The standard InChI is InChI=1S/C13H20ClN3O/c1-9-5-11(17(15-9)13(2,3)4)16-8-10(7-14)6-12(16)18/h5,10H,6-8H2,1-4H3. The first-order valence-electron chi connectivity index (χ1n) is 6.26.